The number of hydrogen-bond acceptors (Lipinski definition) is 6. The van der Waals surface area contributed by atoms with Gasteiger partial charge in [-0.15, -0.1) is 0 Å². The van der Waals surface area contributed by atoms with Gasteiger partial charge in [0.25, 0.3) is 10.0 Å². The Bertz CT molecular complexity index is 1600. The third kappa shape index (κ3) is 8.13. The number of halogens is 1. The maximum atomic E-state index is 14.8. The SMILES string of the molecule is COc1ccc(S(=O)(=O)N(CC(=O)N(Cc2ccccc2F)C(C)C(=O)NC2CCCCC2)c2cc(C)cc(C)c2)cc1OC. The summed E-state index contributed by atoms with van der Waals surface area (Å²) in [6.07, 6.45) is 4.84. The number of rotatable bonds is 12. The number of anilines is 1. The predicted octanol–water partition coefficient (Wildman–Crippen LogP) is 5.52. The smallest absolute Gasteiger partial charge is 0.264 e. The van der Waals surface area contributed by atoms with E-state index in [9.17, 15) is 22.4 Å². The van der Waals surface area contributed by atoms with Crippen LogP contribution in [0.5, 0.6) is 11.5 Å². The molecule has 0 aliphatic heterocycles. The largest absolute Gasteiger partial charge is 0.493 e. The number of benzene rings is 3. The second kappa shape index (κ2) is 14.8. The maximum Gasteiger partial charge on any atom is 0.264 e. The highest BCUT2D eigenvalue weighted by Gasteiger charge is 2.34. The molecule has 9 nitrogen and oxygen atoms in total. The second-order valence-electron chi connectivity index (χ2n) is 11.5. The molecule has 1 unspecified atom stereocenters. The van der Waals surface area contributed by atoms with E-state index in [1.807, 2.05) is 19.9 Å². The van der Waals surface area contributed by atoms with Crippen molar-refractivity contribution in [1.29, 1.82) is 0 Å². The Hall–Kier alpha value is -4.12. The second-order valence-corrected chi connectivity index (χ2v) is 13.4. The molecule has 3 aromatic rings. The average molecular weight is 640 g/mol. The molecule has 0 radical (unpaired) electrons. The fourth-order valence-corrected chi connectivity index (χ4v) is 7.10. The molecule has 1 atom stereocenters. The number of amides is 2. The normalized spacial score (nSPS) is 14.4. The predicted molar refractivity (Wildman–Crippen MR) is 171 cm³/mol. The third-order valence-electron chi connectivity index (χ3n) is 8.13. The molecule has 1 N–H and O–H groups in total. The summed E-state index contributed by atoms with van der Waals surface area (Å²) in [5.41, 5.74) is 2.09. The van der Waals surface area contributed by atoms with Crippen LogP contribution in [-0.4, -0.2) is 58.0 Å². The van der Waals surface area contributed by atoms with E-state index in [-0.39, 0.29) is 40.4 Å². The Morgan fingerprint density at radius 2 is 1.58 bits per heavy atom. The van der Waals surface area contributed by atoms with Gasteiger partial charge in [0.1, 0.15) is 18.4 Å². The van der Waals surface area contributed by atoms with Crippen LogP contribution in [0.4, 0.5) is 10.1 Å². The first-order chi connectivity index (χ1) is 21.4. The van der Waals surface area contributed by atoms with E-state index in [1.54, 1.807) is 37.3 Å². The van der Waals surface area contributed by atoms with E-state index in [0.29, 0.717) is 5.75 Å². The molecule has 0 heterocycles. The van der Waals surface area contributed by atoms with Crippen molar-refractivity contribution in [3.05, 3.63) is 83.2 Å². The van der Waals surface area contributed by atoms with Crippen LogP contribution < -0.4 is 19.1 Å². The van der Waals surface area contributed by atoms with E-state index >= 15 is 0 Å². The van der Waals surface area contributed by atoms with Crippen molar-refractivity contribution in [3.63, 3.8) is 0 Å². The lowest BCUT2D eigenvalue weighted by atomic mass is 9.95. The van der Waals surface area contributed by atoms with E-state index in [1.165, 1.54) is 43.4 Å². The zero-order valence-corrected chi connectivity index (χ0v) is 27.3. The molecule has 2 amide bonds. The number of sulfonamides is 1. The number of aryl methyl sites for hydroxylation is 2. The van der Waals surface area contributed by atoms with Gasteiger partial charge in [-0.05, 0) is 75.1 Å². The lowest BCUT2D eigenvalue weighted by molar-refractivity contribution is -0.139. The maximum absolute atomic E-state index is 14.8. The van der Waals surface area contributed by atoms with Gasteiger partial charge in [-0.1, -0.05) is 43.5 Å². The minimum absolute atomic E-state index is 0.00342. The van der Waals surface area contributed by atoms with Gasteiger partial charge >= 0.3 is 0 Å². The Morgan fingerprint density at radius 1 is 0.933 bits per heavy atom. The van der Waals surface area contributed by atoms with Crippen LogP contribution in [0.1, 0.15) is 55.7 Å². The molecule has 0 saturated heterocycles. The van der Waals surface area contributed by atoms with Crippen LogP contribution in [0, 0.1) is 19.7 Å². The van der Waals surface area contributed by atoms with Crippen LogP contribution in [0.15, 0.2) is 65.6 Å². The van der Waals surface area contributed by atoms with Gasteiger partial charge in [0.15, 0.2) is 11.5 Å². The number of nitrogens with zero attached hydrogens (tertiary/aromatic N) is 2. The molecule has 0 spiro atoms. The Morgan fingerprint density at radius 3 is 2.20 bits per heavy atom. The molecule has 1 aliphatic carbocycles. The van der Waals surface area contributed by atoms with Crippen molar-refractivity contribution in [3.8, 4) is 11.5 Å². The van der Waals surface area contributed by atoms with E-state index in [0.717, 1.165) is 47.5 Å². The zero-order chi connectivity index (χ0) is 32.7. The van der Waals surface area contributed by atoms with Gasteiger partial charge in [0, 0.05) is 24.2 Å². The summed E-state index contributed by atoms with van der Waals surface area (Å²) in [4.78, 5) is 28.8. The lowest BCUT2D eigenvalue weighted by Crippen LogP contribution is -2.53. The Kier molecular flexibility index (Phi) is 11.1. The summed E-state index contributed by atoms with van der Waals surface area (Å²) in [5.74, 6) is -1.00. The van der Waals surface area contributed by atoms with Crippen molar-refractivity contribution in [2.24, 2.45) is 0 Å². The molecule has 45 heavy (non-hydrogen) atoms. The van der Waals surface area contributed by atoms with Crippen LogP contribution >= 0.6 is 0 Å². The van der Waals surface area contributed by atoms with Gasteiger partial charge in [-0.3, -0.25) is 13.9 Å². The lowest BCUT2D eigenvalue weighted by Gasteiger charge is -2.33. The summed E-state index contributed by atoms with van der Waals surface area (Å²) < 4.78 is 55.1. The van der Waals surface area contributed by atoms with Crippen LogP contribution in [0.2, 0.25) is 0 Å². The van der Waals surface area contributed by atoms with Gasteiger partial charge < -0.3 is 19.7 Å². The molecule has 3 aromatic carbocycles. The number of ether oxygens (including phenoxy) is 2. The molecule has 242 valence electrons. The van der Waals surface area contributed by atoms with Crippen LogP contribution in [0.25, 0.3) is 0 Å². The fraction of sp³-hybridized carbons (Fsp3) is 0.412. The average Bonchev–Trinajstić information content (AvgIpc) is 3.02. The van der Waals surface area contributed by atoms with Gasteiger partial charge in [-0.2, -0.15) is 0 Å². The van der Waals surface area contributed by atoms with Gasteiger partial charge in [-0.25, -0.2) is 12.8 Å². The number of hydrogen-bond donors (Lipinski definition) is 1. The Labute approximate surface area is 265 Å². The summed E-state index contributed by atoms with van der Waals surface area (Å²) in [7, 11) is -1.50. The van der Waals surface area contributed by atoms with E-state index in [2.05, 4.69) is 5.32 Å². The van der Waals surface area contributed by atoms with Crippen molar-refractivity contribution in [2.75, 3.05) is 25.1 Å². The van der Waals surface area contributed by atoms with Gasteiger partial charge in [0.05, 0.1) is 24.8 Å². The summed E-state index contributed by atoms with van der Waals surface area (Å²) in [6, 6.07) is 14.5. The number of carbonyl (C=O) groups is 2. The summed E-state index contributed by atoms with van der Waals surface area (Å²) in [5, 5.41) is 3.05. The van der Waals surface area contributed by atoms with Gasteiger partial charge in [0.2, 0.25) is 11.8 Å². The topological polar surface area (TPSA) is 105 Å². The Balaban J connectivity index is 1.74. The van der Waals surface area contributed by atoms with Crippen LogP contribution in [-0.2, 0) is 26.2 Å². The van der Waals surface area contributed by atoms with Crippen LogP contribution in [0.3, 0.4) is 0 Å². The first kappa shape index (κ1) is 33.8. The monoisotopic (exact) mass is 639 g/mol. The van der Waals surface area contributed by atoms with E-state index in [4.69, 9.17) is 9.47 Å². The first-order valence-electron chi connectivity index (χ1n) is 15.1. The standard InChI is InChI=1S/C34H42FN3O6S/c1-23-17-24(2)19-28(18-23)38(45(41,42)29-15-16-31(43-4)32(20-29)44-5)22-33(39)37(21-26-11-9-10-14-30(26)35)25(3)34(40)36-27-12-7-6-8-13-27/h9-11,14-20,25,27H,6-8,12-13,21-22H2,1-5H3,(H,36,40). The molecule has 4 rings (SSSR count). The molecule has 11 heteroatoms. The highest BCUT2D eigenvalue weighted by Crippen LogP contribution is 2.33. The number of methoxy groups -OCH3 is 2. The first-order valence-corrected chi connectivity index (χ1v) is 16.5. The highest BCUT2D eigenvalue weighted by atomic mass is 32.2. The molecule has 1 saturated carbocycles. The quantitative estimate of drug-likeness (QED) is 0.280. The zero-order valence-electron chi connectivity index (χ0n) is 26.5. The molecule has 1 aliphatic rings. The van der Waals surface area contributed by atoms with Crippen molar-refractivity contribution >= 4 is 27.5 Å². The third-order valence-corrected chi connectivity index (χ3v) is 9.90. The number of nitrogens with one attached hydrogen (secondary N) is 1. The molecule has 1 fully saturated rings. The molecule has 0 bridgehead atoms. The fourth-order valence-electron chi connectivity index (χ4n) is 5.69. The van der Waals surface area contributed by atoms with Crippen molar-refractivity contribution in [2.45, 2.75) is 76.4 Å². The minimum atomic E-state index is -4.35. The summed E-state index contributed by atoms with van der Waals surface area (Å²) >= 11 is 0. The minimum Gasteiger partial charge on any atom is -0.493 e. The number of carbonyl (C=O) groups excluding carboxylic acids is 2. The molecular weight excluding hydrogens is 597 g/mol. The van der Waals surface area contributed by atoms with Crippen molar-refractivity contribution in [1.82, 2.24) is 10.2 Å². The van der Waals surface area contributed by atoms with E-state index < -0.39 is 34.3 Å². The summed E-state index contributed by atoms with van der Waals surface area (Å²) in [6.45, 7) is 4.40. The molecule has 0 aromatic heterocycles. The molecular formula is C34H42FN3O6S. The highest BCUT2D eigenvalue weighted by molar-refractivity contribution is 7.92. The van der Waals surface area contributed by atoms with Crippen molar-refractivity contribution < 1.29 is 31.9 Å².